The molecule has 2 atom stereocenters. The van der Waals surface area contributed by atoms with E-state index < -0.39 is 0 Å². The van der Waals surface area contributed by atoms with Gasteiger partial charge in [0.25, 0.3) is 5.91 Å². The van der Waals surface area contributed by atoms with Gasteiger partial charge in [0.1, 0.15) is 5.69 Å². The Bertz CT molecular complexity index is 488. The van der Waals surface area contributed by atoms with Crippen LogP contribution in [-0.4, -0.2) is 48.0 Å². The van der Waals surface area contributed by atoms with Crippen LogP contribution in [0.15, 0.2) is 18.3 Å². The minimum atomic E-state index is -0.0507. The SMILES string of the molecule is CNc1ccc(C(=O)NC2CC3CCCC(C2)N3C)nc1. The average molecular weight is 288 g/mol. The molecule has 2 aliphatic heterocycles. The second-order valence-electron chi connectivity index (χ2n) is 6.23. The summed E-state index contributed by atoms with van der Waals surface area (Å²) >= 11 is 0. The largest absolute Gasteiger partial charge is 0.387 e. The molecule has 1 aromatic rings. The third-order valence-electron chi connectivity index (χ3n) is 4.96. The Kier molecular flexibility index (Phi) is 4.10. The Morgan fingerprint density at radius 2 is 2.00 bits per heavy atom. The second kappa shape index (κ2) is 6.02. The molecule has 2 aliphatic rings. The fourth-order valence-corrected chi connectivity index (χ4v) is 3.67. The van der Waals surface area contributed by atoms with E-state index >= 15 is 0 Å². The van der Waals surface area contributed by atoms with Gasteiger partial charge in [-0.05, 0) is 44.9 Å². The van der Waals surface area contributed by atoms with Crippen molar-refractivity contribution in [1.29, 1.82) is 0 Å². The fourth-order valence-electron chi connectivity index (χ4n) is 3.67. The van der Waals surface area contributed by atoms with E-state index in [1.165, 1.54) is 19.3 Å². The maximum atomic E-state index is 12.3. The third kappa shape index (κ3) is 3.02. The van der Waals surface area contributed by atoms with E-state index in [0.717, 1.165) is 18.5 Å². The minimum absolute atomic E-state index is 0.0507. The molecule has 0 saturated carbocycles. The number of nitrogens with one attached hydrogen (secondary N) is 2. The predicted octanol–water partition coefficient (Wildman–Crippen LogP) is 1.87. The summed E-state index contributed by atoms with van der Waals surface area (Å²) in [5.41, 5.74) is 1.42. The van der Waals surface area contributed by atoms with Crippen molar-refractivity contribution in [3.8, 4) is 0 Å². The fraction of sp³-hybridized carbons (Fsp3) is 0.625. The molecule has 2 N–H and O–H groups in total. The number of anilines is 1. The van der Waals surface area contributed by atoms with Crippen molar-refractivity contribution in [3.05, 3.63) is 24.0 Å². The van der Waals surface area contributed by atoms with E-state index in [0.29, 0.717) is 17.8 Å². The molecule has 3 heterocycles. The van der Waals surface area contributed by atoms with Gasteiger partial charge >= 0.3 is 0 Å². The first-order valence-electron chi connectivity index (χ1n) is 7.84. The molecule has 2 unspecified atom stereocenters. The summed E-state index contributed by atoms with van der Waals surface area (Å²) in [6.07, 6.45) is 7.66. The Labute approximate surface area is 126 Å². The number of fused-ring (bicyclic) bond motifs is 2. The Morgan fingerprint density at radius 1 is 1.29 bits per heavy atom. The summed E-state index contributed by atoms with van der Waals surface area (Å²) in [5, 5.41) is 6.18. The van der Waals surface area contributed by atoms with E-state index in [2.05, 4.69) is 27.6 Å². The molecule has 21 heavy (non-hydrogen) atoms. The smallest absolute Gasteiger partial charge is 0.270 e. The van der Waals surface area contributed by atoms with E-state index in [1.807, 2.05) is 13.1 Å². The highest BCUT2D eigenvalue weighted by Gasteiger charge is 2.36. The van der Waals surface area contributed by atoms with Crippen molar-refractivity contribution in [2.75, 3.05) is 19.4 Å². The zero-order valence-electron chi connectivity index (χ0n) is 12.8. The molecular formula is C16H24N4O. The normalized spacial score (nSPS) is 29.0. The first-order valence-corrected chi connectivity index (χ1v) is 7.84. The van der Waals surface area contributed by atoms with Crippen molar-refractivity contribution in [2.24, 2.45) is 0 Å². The van der Waals surface area contributed by atoms with Gasteiger partial charge in [0.2, 0.25) is 0 Å². The van der Waals surface area contributed by atoms with Gasteiger partial charge < -0.3 is 15.5 Å². The third-order valence-corrected chi connectivity index (χ3v) is 4.96. The lowest BCUT2D eigenvalue weighted by atomic mass is 9.82. The number of pyridine rings is 1. The average Bonchev–Trinajstić information content (AvgIpc) is 2.48. The number of aromatic nitrogens is 1. The van der Waals surface area contributed by atoms with Crippen LogP contribution in [0.5, 0.6) is 0 Å². The molecule has 2 bridgehead atoms. The number of carbonyl (C=O) groups is 1. The van der Waals surface area contributed by atoms with Gasteiger partial charge in [-0.1, -0.05) is 6.42 Å². The maximum Gasteiger partial charge on any atom is 0.270 e. The highest BCUT2D eigenvalue weighted by Crippen LogP contribution is 2.32. The van der Waals surface area contributed by atoms with Crippen LogP contribution in [0.1, 0.15) is 42.6 Å². The van der Waals surface area contributed by atoms with Crippen LogP contribution in [0.3, 0.4) is 0 Å². The summed E-state index contributed by atoms with van der Waals surface area (Å²) in [5.74, 6) is -0.0507. The van der Waals surface area contributed by atoms with Crippen molar-refractivity contribution < 1.29 is 4.79 Å². The molecule has 114 valence electrons. The topological polar surface area (TPSA) is 57.3 Å². The minimum Gasteiger partial charge on any atom is -0.387 e. The molecule has 0 aliphatic carbocycles. The van der Waals surface area contributed by atoms with Crippen molar-refractivity contribution >= 4 is 11.6 Å². The predicted molar refractivity (Wildman–Crippen MR) is 83.5 cm³/mol. The number of carbonyl (C=O) groups excluding carboxylic acids is 1. The molecule has 1 aromatic heterocycles. The van der Waals surface area contributed by atoms with Crippen LogP contribution >= 0.6 is 0 Å². The maximum absolute atomic E-state index is 12.3. The lowest BCUT2D eigenvalue weighted by Gasteiger charge is -2.47. The van der Waals surface area contributed by atoms with Crippen molar-refractivity contribution in [2.45, 2.75) is 50.2 Å². The molecule has 5 heteroatoms. The summed E-state index contributed by atoms with van der Waals surface area (Å²) < 4.78 is 0. The number of rotatable bonds is 3. The molecule has 3 rings (SSSR count). The van der Waals surface area contributed by atoms with Crippen LogP contribution < -0.4 is 10.6 Å². The first kappa shape index (κ1) is 14.3. The highest BCUT2D eigenvalue weighted by molar-refractivity contribution is 5.92. The molecule has 1 amide bonds. The lowest BCUT2D eigenvalue weighted by Crippen LogP contribution is -2.55. The van der Waals surface area contributed by atoms with Gasteiger partial charge in [-0.25, -0.2) is 4.98 Å². The van der Waals surface area contributed by atoms with Crippen LogP contribution in [0.4, 0.5) is 5.69 Å². The number of hydrogen-bond donors (Lipinski definition) is 2. The Hall–Kier alpha value is -1.62. The molecule has 2 fully saturated rings. The van der Waals surface area contributed by atoms with Crippen LogP contribution in [-0.2, 0) is 0 Å². The molecule has 5 nitrogen and oxygen atoms in total. The lowest BCUT2D eigenvalue weighted by molar-refractivity contribution is 0.0462. The van der Waals surface area contributed by atoms with E-state index in [4.69, 9.17) is 0 Å². The molecular weight excluding hydrogens is 264 g/mol. The monoisotopic (exact) mass is 288 g/mol. The zero-order valence-corrected chi connectivity index (χ0v) is 12.8. The summed E-state index contributed by atoms with van der Waals surface area (Å²) in [4.78, 5) is 19.0. The van der Waals surface area contributed by atoms with Gasteiger partial charge in [0.15, 0.2) is 0 Å². The van der Waals surface area contributed by atoms with Crippen LogP contribution in [0.25, 0.3) is 0 Å². The zero-order chi connectivity index (χ0) is 14.8. The van der Waals surface area contributed by atoms with Gasteiger partial charge in [-0.15, -0.1) is 0 Å². The summed E-state index contributed by atoms with van der Waals surface area (Å²) in [6.45, 7) is 0. The number of piperidine rings is 2. The number of nitrogens with zero attached hydrogens (tertiary/aromatic N) is 2. The van der Waals surface area contributed by atoms with Gasteiger partial charge in [0.05, 0.1) is 11.9 Å². The molecule has 2 saturated heterocycles. The summed E-state index contributed by atoms with van der Waals surface area (Å²) in [6, 6.07) is 5.20. The molecule has 0 spiro atoms. The highest BCUT2D eigenvalue weighted by atomic mass is 16.1. The van der Waals surface area contributed by atoms with Crippen LogP contribution in [0, 0.1) is 0 Å². The Morgan fingerprint density at radius 3 is 2.57 bits per heavy atom. The van der Waals surface area contributed by atoms with E-state index in [9.17, 15) is 4.79 Å². The Balaban J connectivity index is 1.62. The quantitative estimate of drug-likeness (QED) is 0.891. The first-order chi connectivity index (χ1) is 10.2. The standard InChI is InChI=1S/C16H24N4O/c1-17-11-6-7-15(18-10-11)16(21)19-12-8-13-4-3-5-14(9-12)20(13)2/h6-7,10,12-14,17H,3-5,8-9H2,1-2H3,(H,19,21). The van der Waals surface area contributed by atoms with Crippen molar-refractivity contribution in [3.63, 3.8) is 0 Å². The number of amides is 1. The number of hydrogen-bond acceptors (Lipinski definition) is 4. The molecule has 0 aromatic carbocycles. The second-order valence-corrected chi connectivity index (χ2v) is 6.23. The van der Waals surface area contributed by atoms with Gasteiger partial charge in [0, 0.05) is 25.2 Å². The van der Waals surface area contributed by atoms with Crippen molar-refractivity contribution in [1.82, 2.24) is 15.2 Å². The van der Waals surface area contributed by atoms with E-state index in [-0.39, 0.29) is 11.9 Å². The summed E-state index contributed by atoms with van der Waals surface area (Å²) in [7, 11) is 4.07. The van der Waals surface area contributed by atoms with Crippen LogP contribution in [0.2, 0.25) is 0 Å². The van der Waals surface area contributed by atoms with Gasteiger partial charge in [-0.3, -0.25) is 4.79 Å². The van der Waals surface area contributed by atoms with Gasteiger partial charge in [-0.2, -0.15) is 0 Å². The molecule has 0 radical (unpaired) electrons. The van der Waals surface area contributed by atoms with E-state index in [1.54, 1.807) is 12.3 Å².